The van der Waals surface area contributed by atoms with Crippen molar-refractivity contribution in [3.8, 4) is 6.07 Å². The van der Waals surface area contributed by atoms with Crippen molar-refractivity contribution in [2.45, 2.75) is 49.5 Å². The Morgan fingerprint density at radius 3 is 2.06 bits per heavy atom. The number of piperidine rings is 1. The van der Waals surface area contributed by atoms with E-state index >= 15 is 0 Å². The Labute approximate surface area is 286 Å². The molecule has 1 atom stereocenters. The molecule has 6 rings (SSSR count). The van der Waals surface area contributed by atoms with E-state index in [0.717, 1.165) is 24.1 Å². The number of ketones is 1. The van der Waals surface area contributed by atoms with Gasteiger partial charge in [-0.2, -0.15) is 9.57 Å². The van der Waals surface area contributed by atoms with Gasteiger partial charge in [0.05, 0.1) is 23.1 Å². The van der Waals surface area contributed by atoms with Gasteiger partial charge in [-0.1, -0.05) is 72.8 Å². The minimum Gasteiger partial charge on any atom is -0.313 e. The topological polar surface area (TPSA) is 109 Å². The number of sulfonamides is 1. The van der Waals surface area contributed by atoms with Gasteiger partial charge in [-0.05, 0) is 78.8 Å². The van der Waals surface area contributed by atoms with Crippen LogP contribution in [-0.2, 0) is 27.8 Å². The van der Waals surface area contributed by atoms with E-state index in [2.05, 4.69) is 40.5 Å². The number of aromatic nitrogens is 3. The lowest BCUT2D eigenvalue weighted by Crippen LogP contribution is -2.41. The van der Waals surface area contributed by atoms with Gasteiger partial charge in [0.2, 0.25) is 10.0 Å². The summed E-state index contributed by atoms with van der Waals surface area (Å²) in [4.78, 5) is 14.5. The Bertz CT molecular complexity index is 1950. The number of carbonyl (C=O) groups excluding carboxylic acids is 1. The lowest BCUT2D eigenvalue weighted by Gasteiger charge is -2.32. The van der Waals surface area contributed by atoms with Crippen molar-refractivity contribution in [1.29, 1.82) is 5.26 Å². The fraction of sp³-hybridized carbons (Fsp3) is 0.282. The number of hydrogen-bond acceptors (Lipinski definition) is 6. The zero-order valence-electron chi connectivity index (χ0n) is 27.1. The monoisotopic (exact) mass is 675 g/mol. The number of carbonyl (C=O) groups is 1. The van der Waals surface area contributed by atoms with Gasteiger partial charge < -0.3 is 4.57 Å². The minimum absolute atomic E-state index is 0.0472. The molecule has 8 nitrogen and oxygen atoms in total. The number of Topliss-reactive ketones (excluding diaryl/α,β-unsaturated/α-hetero) is 1. The van der Waals surface area contributed by atoms with E-state index in [1.807, 2.05) is 53.1 Å². The van der Waals surface area contributed by atoms with Crippen LogP contribution >= 0.6 is 0 Å². The van der Waals surface area contributed by atoms with Gasteiger partial charge in [0.15, 0.2) is 0 Å². The lowest BCUT2D eigenvalue weighted by atomic mass is 9.79. The lowest BCUT2D eigenvalue weighted by molar-refractivity contribution is -0.128. The number of halogens is 1. The molecule has 2 heterocycles. The zero-order chi connectivity index (χ0) is 34.2. The van der Waals surface area contributed by atoms with Gasteiger partial charge >= 0.3 is 0 Å². The first-order valence-electron chi connectivity index (χ1n) is 16.6. The third-order valence-corrected chi connectivity index (χ3v) is 11.4. The maximum absolute atomic E-state index is 14.4. The van der Waals surface area contributed by atoms with Gasteiger partial charge in [-0.25, -0.2) is 12.8 Å². The first-order chi connectivity index (χ1) is 23.8. The van der Waals surface area contributed by atoms with Crippen molar-refractivity contribution in [2.75, 3.05) is 13.1 Å². The van der Waals surface area contributed by atoms with Crippen molar-refractivity contribution < 1.29 is 17.6 Å². The molecule has 4 aromatic carbocycles. The highest BCUT2D eigenvalue weighted by atomic mass is 32.2. The van der Waals surface area contributed by atoms with Gasteiger partial charge in [-0.3, -0.25) is 4.79 Å². The molecule has 250 valence electrons. The van der Waals surface area contributed by atoms with Crippen LogP contribution in [0.4, 0.5) is 4.39 Å². The van der Waals surface area contributed by atoms with Crippen LogP contribution in [0.2, 0.25) is 0 Å². The molecule has 1 fully saturated rings. The van der Waals surface area contributed by atoms with E-state index in [0.29, 0.717) is 43.6 Å². The van der Waals surface area contributed by atoms with Crippen LogP contribution in [0.25, 0.3) is 0 Å². The highest BCUT2D eigenvalue weighted by molar-refractivity contribution is 7.89. The van der Waals surface area contributed by atoms with Crippen LogP contribution < -0.4 is 0 Å². The van der Waals surface area contributed by atoms with E-state index in [9.17, 15) is 22.9 Å². The average Bonchev–Trinajstić information content (AvgIpc) is 3.58. The second kappa shape index (κ2) is 15.5. The Balaban J connectivity index is 1.22. The second-order valence-corrected chi connectivity index (χ2v) is 14.5. The number of nitrogens with zero attached hydrogens (tertiary/aromatic N) is 5. The van der Waals surface area contributed by atoms with Crippen molar-refractivity contribution in [2.24, 2.45) is 11.8 Å². The summed E-state index contributed by atoms with van der Waals surface area (Å²) in [7, 11) is -3.80. The number of hydrogen-bond donors (Lipinski definition) is 0. The Hall–Kier alpha value is -4.98. The predicted molar refractivity (Wildman–Crippen MR) is 184 cm³/mol. The fourth-order valence-electron chi connectivity index (χ4n) is 6.75. The third kappa shape index (κ3) is 8.19. The van der Waals surface area contributed by atoms with Crippen LogP contribution in [0.5, 0.6) is 0 Å². The summed E-state index contributed by atoms with van der Waals surface area (Å²) in [6.07, 6.45) is 4.25. The molecule has 49 heavy (non-hydrogen) atoms. The molecule has 1 aliphatic heterocycles. The summed E-state index contributed by atoms with van der Waals surface area (Å²) in [6, 6.07) is 35.0. The Morgan fingerprint density at radius 1 is 0.857 bits per heavy atom. The molecule has 0 spiro atoms. The van der Waals surface area contributed by atoms with Gasteiger partial charge in [-0.15, -0.1) is 10.2 Å². The molecular weight excluding hydrogens is 638 g/mol. The molecular formula is C39H38FN5O3S. The largest absolute Gasteiger partial charge is 0.313 e. The van der Waals surface area contributed by atoms with E-state index in [4.69, 9.17) is 0 Å². The van der Waals surface area contributed by atoms with Crippen molar-refractivity contribution >= 4 is 15.8 Å². The molecule has 1 aromatic heterocycles. The molecule has 1 saturated heterocycles. The SMILES string of the molecule is N#Cc1ccc(Cn2cnnc2CC(CCC(c2ccccc2)c2ccccc2)C(=O)C2CCN(S(=O)(=O)c3ccc(F)cc3)CC2)cc1. The molecule has 10 heteroatoms. The highest BCUT2D eigenvalue weighted by Crippen LogP contribution is 2.34. The van der Waals surface area contributed by atoms with E-state index in [1.54, 1.807) is 18.5 Å². The molecule has 1 unspecified atom stereocenters. The molecule has 0 N–H and O–H groups in total. The molecule has 0 aliphatic carbocycles. The number of nitriles is 1. The summed E-state index contributed by atoms with van der Waals surface area (Å²) >= 11 is 0. The molecule has 1 aliphatic rings. The van der Waals surface area contributed by atoms with Gasteiger partial charge in [0, 0.05) is 37.3 Å². The van der Waals surface area contributed by atoms with Gasteiger partial charge in [0.1, 0.15) is 23.8 Å². The highest BCUT2D eigenvalue weighted by Gasteiger charge is 2.35. The third-order valence-electron chi connectivity index (χ3n) is 9.48. The quantitative estimate of drug-likeness (QED) is 0.136. The molecule has 0 radical (unpaired) electrons. The maximum Gasteiger partial charge on any atom is 0.243 e. The van der Waals surface area contributed by atoms with E-state index < -0.39 is 15.8 Å². The van der Waals surface area contributed by atoms with Crippen LogP contribution in [0.3, 0.4) is 0 Å². The number of benzene rings is 4. The van der Waals surface area contributed by atoms with E-state index in [1.165, 1.54) is 27.6 Å². The van der Waals surface area contributed by atoms with Crippen LogP contribution in [0.1, 0.15) is 59.7 Å². The van der Waals surface area contributed by atoms with Crippen molar-refractivity contribution in [1.82, 2.24) is 19.1 Å². The summed E-state index contributed by atoms with van der Waals surface area (Å²) < 4.78 is 43.4. The first-order valence-corrected chi connectivity index (χ1v) is 18.0. The van der Waals surface area contributed by atoms with Gasteiger partial charge in [0.25, 0.3) is 0 Å². The summed E-state index contributed by atoms with van der Waals surface area (Å²) in [6.45, 7) is 0.938. The zero-order valence-corrected chi connectivity index (χ0v) is 27.9. The molecule has 0 amide bonds. The Kier molecular flexibility index (Phi) is 10.7. The fourth-order valence-corrected chi connectivity index (χ4v) is 8.22. The second-order valence-electron chi connectivity index (χ2n) is 12.6. The first kappa shape index (κ1) is 33.9. The van der Waals surface area contributed by atoms with Crippen LogP contribution in [0, 0.1) is 29.0 Å². The normalized spacial score (nSPS) is 14.8. The molecule has 0 bridgehead atoms. The standard InChI is InChI=1S/C39H38FN5O3S/c40-35-16-18-36(19-17-35)49(47,48)45-23-21-33(22-24-45)39(46)34(15-20-37(31-7-3-1-4-8-31)32-9-5-2-6-10-32)25-38-43-42-28-44(38)27-30-13-11-29(26-41)12-14-30/h1-14,16-19,28,33-34,37H,15,20-25,27H2. The minimum atomic E-state index is -3.80. The Morgan fingerprint density at radius 2 is 1.47 bits per heavy atom. The molecule has 0 saturated carbocycles. The van der Waals surface area contributed by atoms with E-state index in [-0.39, 0.29) is 41.5 Å². The van der Waals surface area contributed by atoms with Crippen molar-refractivity contribution in [3.05, 3.63) is 149 Å². The maximum atomic E-state index is 14.4. The van der Waals surface area contributed by atoms with Crippen LogP contribution in [0.15, 0.2) is 120 Å². The average molecular weight is 676 g/mol. The number of rotatable bonds is 13. The summed E-state index contributed by atoms with van der Waals surface area (Å²) in [5.74, 6) is -0.238. The molecule has 5 aromatic rings. The van der Waals surface area contributed by atoms with Crippen LogP contribution in [-0.4, -0.2) is 46.4 Å². The van der Waals surface area contributed by atoms with Crippen molar-refractivity contribution in [3.63, 3.8) is 0 Å². The summed E-state index contributed by atoms with van der Waals surface area (Å²) in [5.41, 5.74) is 3.94. The summed E-state index contributed by atoms with van der Waals surface area (Å²) in [5, 5.41) is 17.8. The predicted octanol–water partition coefficient (Wildman–Crippen LogP) is 6.78. The smallest absolute Gasteiger partial charge is 0.243 e.